The number of fused-ring (bicyclic) bond motifs is 1. The molecule has 2 amide bonds. The van der Waals surface area contributed by atoms with Crippen LogP contribution in [-0.2, 0) is 16.0 Å². The molecule has 2 heterocycles. The second kappa shape index (κ2) is 9.88. The minimum absolute atomic E-state index is 0.158. The maximum atomic E-state index is 12.1. The Hall–Kier alpha value is -3.30. The summed E-state index contributed by atoms with van der Waals surface area (Å²) in [6, 6.07) is 4.98. The number of hydrogen-bond donors (Lipinski definition) is 2. The van der Waals surface area contributed by atoms with E-state index >= 15 is 0 Å². The molecule has 1 unspecified atom stereocenters. The van der Waals surface area contributed by atoms with E-state index in [2.05, 4.69) is 31.0 Å². The van der Waals surface area contributed by atoms with Crippen LogP contribution >= 0.6 is 23.2 Å². The van der Waals surface area contributed by atoms with Crippen LogP contribution in [0.2, 0.25) is 10.0 Å². The lowest BCUT2D eigenvalue weighted by Gasteiger charge is -2.20. The number of benzene rings is 1. The minimum Gasteiger partial charge on any atom is -0.367 e. The van der Waals surface area contributed by atoms with Crippen molar-refractivity contribution in [2.24, 2.45) is 16.1 Å². The Balaban J connectivity index is 1.22. The summed E-state index contributed by atoms with van der Waals surface area (Å²) < 4.78 is 5.21. The molecule has 164 valence electrons. The fourth-order valence-electron chi connectivity index (χ4n) is 3.19. The first-order chi connectivity index (χ1) is 15.5. The highest BCUT2D eigenvalue weighted by Crippen LogP contribution is 2.27. The molecular weight excluding hydrogens is 455 g/mol. The van der Waals surface area contributed by atoms with E-state index in [1.54, 1.807) is 30.4 Å². The molecule has 1 aromatic heterocycles. The van der Waals surface area contributed by atoms with Gasteiger partial charge in [-0.05, 0) is 18.2 Å². The van der Waals surface area contributed by atoms with Gasteiger partial charge < -0.3 is 15.2 Å². The highest BCUT2D eigenvalue weighted by molar-refractivity contribution is 6.35. The SMILES string of the molecule is O=C(CCc1nc(-c2cc(Cl)cc(Cl)c2)no1)NCCNC1=C2C=CC=CC2C(=O)N=N1. The monoisotopic (exact) mass is 472 g/mol. The van der Waals surface area contributed by atoms with Crippen molar-refractivity contribution in [1.29, 1.82) is 0 Å². The van der Waals surface area contributed by atoms with Gasteiger partial charge in [-0.1, -0.05) is 52.7 Å². The number of halogens is 2. The molecule has 0 saturated heterocycles. The fraction of sp³-hybridized carbons (Fsp3) is 0.238. The Labute approximate surface area is 193 Å². The van der Waals surface area contributed by atoms with E-state index in [0.29, 0.717) is 52.7 Å². The van der Waals surface area contributed by atoms with E-state index in [1.165, 1.54) is 0 Å². The van der Waals surface area contributed by atoms with Gasteiger partial charge in [0, 0.05) is 47.1 Å². The van der Waals surface area contributed by atoms with Crippen molar-refractivity contribution in [3.63, 3.8) is 0 Å². The van der Waals surface area contributed by atoms with Crippen LogP contribution in [0.15, 0.2) is 68.6 Å². The lowest BCUT2D eigenvalue weighted by Crippen LogP contribution is -2.33. The Morgan fingerprint density at radius 1 is 1.09 bits per heavy atom. The van der Waals surface area contributed by atoms with E-state index in [4.69, 9.17) is 27.7 Å². The van der Waals surface area contributed by atoms with Crippen LogP contribution in [0.25, 0.3) is 11.4 Å². The number of allylic oxidation sites excluding steroid dienone is 3. The number of amides is 2. The summed E-state index contributed by atoms with van der Waals surface area (Å²) in [6.45, 7) is 0.807. The summed E-state index contributed by atoms with van der Waals surface area (Å²) in [5, 5.41) is 18.3. The first-order valence-corrected chi connectivity index (χ1v) is 10.6. The molecular formula is C21H18Cl2N6O3. The van der Waals surface area contributed by atoms with E-state index in [9.17, 15) is 9.59 Å². The van der Waals surface area contributed by atoms with Crippen molar-refractivity contribution in [2.75, 3.05) is 13.1 Å². The Kier molecular flexibility index (Phi) is 6.77. The zero-order valence-electron chi connectivity index (χ0n) is 16.7. The van der Waals surface area contributed by atoms with Gasteiger partial charge in [0.05, 0.1) is 5.92 Å². The van der Waals surface area contributed by atoms with E-state index in [1.807, 2.05) is 12.2 Å². The van der Waals surface area contributed by atoms with Crippen molar-refractivity contribution < 1.29 is 14.1 Å². The van der Waals surface area contributed by atoms with Gasteiger partial charge >= 0.3 is 0 Å². The van der Waals surface area contributed by atoms with Gasteiger partial charge in [-0.25, -0.2) is 0 Å². The third-order valence-electron chi connectivity index (χ3n) is 4.71. The second-order valence-corrected chi connectivity index (χ2v) is 7.88. The largest absolute Gasteiger partial charge is 0.367 e. The van der Waals surface area contributed by atoms with Crippen LogP contribution in [0.1, 0.15) is 12.3 Å². The van der Waals surface area contributed by atoms with Crippen LogP contribution in [0.4, 0.5) is 0 Å². The average molecular weight is 473 g/mol. The second-order valence-electron chi connectivity index (χ2n) is 7.01. The molecule has 1 aliphatic heterocycles. The summed E-state index contributed by atoms with van der Waals surface area (Å²) in [6.07, 6.45) is 7.75. The number of carbonyl (C=O) groups excluding carboxylic acids is 2. The first kappa shape index (κ1) is 21.9. The van der Waals surface area contributed by atoms with E-state index in [0.717, 1.165) is 5.57 Å². The first-order valence-electron chi connectivity index (χ1n) is 9.84. The minimum atomic E-state index is -0.406. The molecule has 0 spiro atoms. The standard InChI is InChI=1S/C21H18Cl2N6O3/c22-13-9-12(10-14(23)11-13)19-26-18(32-29-19)6-5-17(30)24-7-8-25-20-15-3-1-2-4-16(15)21(31)28-27-20/h1-4,9-11,16,25H,5-8H2,(H,24,30). The third kappa shape index (κ3) is 5.30. The van der Waals surface area contributed by atoms with Gasteiger partial charge in [-0.15, -0.1) is 10.2 Å². The number of carbonyl (C=O) groups is 2. The van der Waals surface area contributed by atoms with Gasteiger partial charge in [-0.2, -0.15) is 4.98 Å². The number of nitrogens with one attached hydrogen (secondary N) is 2. The van der Waals surface area contributed by atoms with Gasteiger partial charge in [-0.3, -0.25) is 9.59 Å². The molecule has 1 aliphatic carbocycles. The average Bonchev–Trinajstić information content (AvgIpc) is 3.25. The zero-order chi connectivity index (χ0) is 22.5. The van der Waals surface area contributed by atoms with Crippen LogP contribution < -0.4 is 10.6 Å². The molecule has 0 fully saturated rings. The highest BCUT2D eigenvalue weighted by atomic mass is 35.5. The molecule has 0 saturated carbocycles. The quantitative estimate of drug-likeness (QED) is 0.565. The van der Waals surface area contributed by atoms with Crippen molar-refractivity contribution in [3.05, 3.63) is 69.8 Å². The van der Waals surface area contributed by atoms with Gasteiger partial charge in [0.2, 0.25) is 17.6 Å². The van der Waals surface area contributed by atoms with Crippen LogP contribution in [0.5, 0.6) is 0 Å². The normalized spacial score (nSPS) is 16.9. The highest BCUT2D eigenvalue weighted by Gasteiger charge is 2.27. The van der Waals surface area contributed by atoms with E-state index in [-0.39, 0.29) is 18.2 Å². The topological polar surface area (TPSA) is 122 Å². The number of rotatable bonds is 8. The molecule has 2 aromatic rings. The Bertz CT molecular complexity index is 1150. The molecule has 2 N–H and O–H groups in total. The maximum absolute atomic E-state index is 12.1. The summed E-state index contributed by atoms with van der Waals surface area (Å²) >= 11 is 12.0. The predicted molar refractivity (Wildman–Crippen MR) is 118 cm³/mol. The van der Waals surface area contributed by atoms with Crippen molar-refractivity contribution >= 4 is 35.0 Å². The lowest BCUT2D eigenvalue weighted by atomic mass is 9.93. The molecule has 9 nitrogen and oxygen atoms in total. The van der Waals surface area contributed by atoms with Crippen LogP contribution in [0.3, 0.4) is 0 Å². The number of azo groups is 1. The summed E-state index contributed by atoms with van der Waals surface area (Å²) in [5.41, 5.74) is 1.41. The van der Waals surface area contributed by atoms with Crippen molar-refractivity contribution in [1.82, 2.24) is 20.8 Å². The van der Waals surface area contributed by atoms with Gasteiger partial charge in [0.15, 0.2) is 5.82 Å². The molecule has 11 heteroatoms. The maximum Gasteiger partial charge on any atom is 0.276 e. The molecule has 32 heavy (non-hydrogen) atoms. The van der Waals surface area contributed by atoms with Crippen LogP contribution in [-0.4, -0.2) is 35.0 Å². The third-order valence-corrected chi connectivity index (χ3v) is 5.14. The smallest absolute Gasteiger partial charge is 0.276 e. The zero-order valence-corrected chi connectivity index (χ0v) is 18.2. The molecule has 1 atom stereocenters. The number of hydrogen-bond acceptors (Lipinski definition) is 7. The molecule has 0 radical (unpaired) electrons. The predicted octanol–water partition coefficient (Wildman–Crippen LogP) is 3.63. The summed E-state index contributed by atoms with van der Waals surface area (Å²) in [5.74, 6) is 0.372. The summed E-state index contributed by atoms with van der Waals surface area (Å²) in [7, 11) is 0. The molecule has 4 rings (SSSR count). The Morgan fingerprint density at radius 2 is 1.91 bits per heavy atom. The number of aryl methyl sites for hydroxylation is 1. The summed E-state index contributed by atoms with van der Waals surface area (Å²) in [4.78, 5) is 28.2. The molecule has 2 aliphatic rings. The Morgan fingerprint density at radius 3 is 2.72 bits per heavy atom. The lowest BCUT2D eigenvalue weighted by molar-refractivity contribution is -0.121. The van der Waals surface area contributed by atoms with Gasteiger partial charge in [0.1, 0.15) is 0 Å². The molecule has 0 bridgehead atoms. The van der Waals surface area contributed by atoms with Crippen molar-refractivity contribution in [3.8, 4) is 11.4 Å². The number of nitrogens with zero attached hydrogens (tertiary/aromatic N) is 4. The fourth-order valence-corrected chi connectivity index (χ4v) is 3.71. The van der Waals surface area contributed by atoms with E-state index < -0.39 is 5.92 Å². The van der Waals surface area contributed by atoms with Gasteiger partial charge in [0.25, 0.3) is 5.91 Å². The molecule has 1 aromatic carbocycles. The number of aromatic nitrogens is 2. The van der Waals surface area contributed by atoms with Crippen LogP contribution in [0, 0.1) is 5.92 Å². The van der Waals surface area contributed by atoms with Crippen molar-refractivity contribution in [2.45, 2.75) is 12.8 Å².